The third-order valence-corrected chi connectivity index (χ3v) is 4.49. The quantitative estimate of drug-likeness (QED) is 0.316. The number of benzene rings is 2. The molecule has 28 heavy (non-hydrogen) atoms. The van der Waals surface area contributed by atoms with E-state index in [-0.39, 0.29) is 0 Å². The van der Waals surface area contributed by atoms with Crippen LogP contribution in [-0.2, 0) is 24.2 Å². The lowest BCUT2D eigenvalue weighted by Crippen LogP contribution is -2.18. The van der Waals surface area contributed by atoms with Crippen molar-refractivity contribution in [2.24, 2.45) is 0 Å². The van der Waals surface area contributed by atoms with Gasteiger partial charge in [-0.3, -0.25) is 4.79 Å². The predicted octanol–water partition coefficient (Wildman–Crippen LogP) is 3.14. The molecule has 0 aliphatic heterocycles. The van der Waals surface area contributed by atoms with Gasteiger partial charge < -0.3 is 19.4 Å². The number of hydrogen-bond acceptors (Lipinski definition) is 4. The van der Waals surface area contributed by atoms with E-state index in [0.717, 1.165) is 28.8 Å². The van der Waals surface area contributed by atoms with Gasteiger partial charge in [0.05, 0.1) is 24.7 Å². The van der Waals surface area contributed by atoms with Gasteiger partial charge in [0.1, 0.15) is 12.4 Å². The van der Waals surface area contributed by atoms with Crippen molar-refractivity contribution < 1.29 is 14.3 Å². The Balaban J connectivity index is 1.73. The van der Waals surface area contributed by atoms with E-state index in [9.17, 15) is 4.79 Å². The van der Waals surface area contributed by atoms with Crippen molar-refractivity contribution in [1.82, 2.24) is 14.9 Å². The van der Waals surface area contributed by atoms with Gasteiger partial charge in [-0.05, 0) is 36.2 Å². The summed E-state index contributed by atoms with van der Waals surface area (Å²) < 4.78 is 13.6. The van der Waals surface area contributed by atoms with Crippen LogP contribution in [0.4, 0.5) is 0 Å². The first-order chi connectivity index (χ1) is 13.8. The van der Waals surface area contributed by atoms with Crippen LogP contribution >= 0.6 is 0 Å². The number of allylic oxidation sites excluding steroid dienone is 1. The maximum atomic E-state index is 10.5. The molecule has 0 aliphatic rings. The smallest absolute Gasteiger partial charge is 0.207 e. The van der Waals surface area contributed by atoms with Gasteiger partial charge in [-0.2, -0.15) is 0 Å². The van der Waals surface area contributed by atoms with Crippen LogP contribution in [-0.4, -0.2) is 36.2 Å². The summed E-state index contributed by atoms with van der Waals surface area (Å²) in [5.41, 5.74) is 3.13. The van der Waals surface area contributed by atoms with Crippen LogP contribution in [0.2, 0.25) is 0 Å². The van der Waals surface area contributed by atoms with Crippen molar-refractivity contribution in [3.63, 3.8) is 0 Å². The second-order valence-electron chi connectivity index (χ2n) is 6.32. The van der Waals surface area contributed by atoms with Crippen LogP contribution in [0.5, 0.6) is 11.5 Å². The van der Waals surface area contributed by atoms with Crippen LogP contribution < -0.4 is 14.8 Å². The van der Waals surface area contributed by atoms with E-state index in [4.69, 9.17) is 14.5 Å². The summed E-state index contributed by atoms with van der Waals surface area (Å²) in [5, 5.41) is 2.69. The van der Waals surface area contributed by atoms with Gasteiger partial charge in [0.25, 0.3) is 0 Å². The van der Waals surface area contributed by atoms with Crippen molar-refractivity contribution in [2.45, 2.75) is 19.4 Å². The standard InChI is InChI=1S/C22H25N3O3/c1-3-6-17-9-10-20(21(15-17)27-2)28-14-13-25-19-8-5-4-7-18(19)24-22(25)11-12-23-16-26/h3-5,7-10,15-16H,1,6,11-14H2,2H3,(H,23,26). The van der Waals surface area contributed by atoms with Gasteiger partial charge in [0.15, 0.2) is 11.5 Å². The number of carbonyl (C=O) groups is 1. The fourth-order valence-corrected chi connectivity index (χ4v) is 3.18. The first-order valence-electron chi connectivity index (χ1n) is 9.28. The second kappa shape index (κ2) is 9.60. The minimum Gasteiger partial charge on any atom is -0.493 e. The van der Waals surface area contributed by atoms with Crippen molar-refractivity contribution in [2.75, 3.05) is 20.3 Å². The number of fused-ring (bicyclic) bond motifs is 1. The SMILES string of the molecule is C=CCc1ccc(OCCn2c(CCNC=O)nc3ccccc32)c(OC)c1. The van der Waals surface area contributed by atoms with Gasteiger partial charge in [-0.1, -0.05) is 24.3 Å². The maximum Gasteiger partial charge on any atom is 0.207 e. The first kappa shape index (κ1) is 19.5. The summed E-state index contributed by atoms with van der Waals surface area (Å²) in [6, 6.07) is 13.9. The van der Waals surface area contributed by atoms with Crippen molar-refractivity contribution in [3.05, 3.63) is 66.5 Å². The highest BCUT2D eigenvalue weighted by atomic mass is 16.5. The molecule has 1 aromatic heterocycles. The summed E-state index contributed by atoms with van der Waals surface area (Å²) >= 11 is 0. The Bertz CT molecular complexity index is 949. The molecule has 2 aromatic carbocycles. The van der Waals surface area contributed by atoms with Gasteiger partial charge in [-0.25, -0.2) is 4.98 Å². The topological polar surface area (TPSA) is 65.4 Å². The van der Waals surface area contributed by atoms with E-state index < -0.39 is 0 Å². The second-order valence-corrected chi connectivity index (χ2v) is 6.32. The lowest BCUT2D eigenvalue weighted by molar-refractivity contribution is -0.109. The summed E-state index contributed by atoms with van der Waals surface area (Å²) in [6.07, 6.45) is 4.02. The van der Waals surface area contributed by atoms with E-state index in [1.165, 1.54) is 0 Å². The number of hydrogen-bond donors (Lipinski definition) is 1. The van der Waals surface area contributed by atoms with Gasteiger partial charge in [0, 0.05) is 13.0 Å². The molecule has 3 aromatic rings. The molecule has 0 unspecified atom stereocenters. The van der Waals surface area contributed by atoms with Crippen LogP contribution in [0.1, 0.15) is 11.4 Å². The molecular formula is C22H25N3O3. The number of nitrogens with one attached hydrogen (secondary N) is 1. The summed E-state index contributed by atoms with van der Waals surface area (Å²) in [7, 11) is 1.64. The van der Waals surface area contributed by atoms with E-state index in [1.807, 2.05) is 48.5 Å². The number of methoxy groups -OCH3 is 1. The van der Waals surface area contributed by atoms with Crippen LogP contribution in [0.3, 0.4) is 0 Å². The van der Waals surface area contributed by atoms with Crippen molar-refractivity contribution in [3.8, 4) is 11.5 Å². The summed E-state index contributed by atoms with van der Waals surface area (Å²) in [6.45, 7) is 5.44. The van der Waals surface area contributed by atoms with Gasteiger partial charge in [-0.15, -0.1) is 6.58 Å². The molecule has 0 fully saturated rings. The fraction of sp³-hybridized carbons (Fsp3) is 0.273. The Morgan fingerprint density at radius 2 is 2.07 bits per heavy atom. The van der Waals surface area contributed by atoms with Gasteiger partial charge >= 0.3 is 0 Å². The van der Waals surface area contributed by atoms with E-state index >= 15 is 0 Å². The Labute approximate surface area is 164 Å². The molecule has 0 atom stereocenters. The monoisotopic (exact) mass is 379 g/mol. The van der Waals surface area contributed by atoms with E-state index in [0.29, 0.717) is 44.0 Å². The molecule has 1 heterocycles. The summed E-state index contributed by atoms with van der Waals surface area (Å²) in [4.78, 5) is 15.2. The average molecular weight is 379 g/mol. The average Bonchev–Trinajstić information content (AvgIpc) is 3.07. The fourth-order valence-electron chi connectivity index (χ4n) is 3.18. The molecule has 0 radical (unpaired) electrons. The van der Waals surface area contributed by atoms with Crippen molar-refractivity contribution >= 4 is 17.4 Å². The number of carbonyl (C=O) groups excluding carboxylic acids is 1. The Morgan fingerprint density at radius 1 is 1.21 bits per heavy atom. The molecule has 3 rings (SSSR count). The minimum absolute atomic E-state index is 0.478. The molecule has 0 saturated carbocycles. The van der Waals surface area contributed by atoms with E-state index in [2.05, 4.69) is 16.5 Å². The number of nitrogens with zero attached hydrogens (tertiary/aromatic N) is 2. The Hall–Kier alpha value is -3.28. The van der Waals surface area contributed by atoms with Crippen LogP contribution in [0.25, 0.3) is 11.0 Å². The molecule has 0 spiro atoms. The molecule has 1 N–H and O–H groups in total. The molecular weight excluding hydrogens is 354 g/mol. The van der Waals surface area contributed by atoms with Crippen LogP contribution in [0, 0.1) is 0 Å². The molecule has 0 bridgehead atoms. The highest BCUT2D eigenvalue weighted by molar-refractivity contribution is 5.75. The number of ether oxygens (including phenoxy) is 2. The Morgan fingerprint density at radius 3 is 2.86 bits per heavy atom. The van der Waals surface area contributed by atoms with E-state index in [1.54, 1.807) is 7.11 Å². The molecule has 1 amide bonds. The van der Waals surface area contributed by atoms with Crippen molar-refractivity contribution in [1.29, 1.82) is 0 Å². The zero-order valence-electron chi connectivity index (χ0n) is 16.1. The highest BCUT2D eigenvalue weighted by Gasteiger charge is 2.11. The molecule has 0 saturated heterocycles. The number of aromatic nitrogens is 2. The minimum atomic E-state index is 0.478. The number of para-hydroxylation sites is 2. The largest absolute Gasteiger partial charge is 0.493 e. The third kappa shape index (κ3) is 4.52. The molecule has 146 valence electrons. The first-order valence-corrected chi connectivity index (χ1v) is 9.28. The zero-order valence-corrected chi connectivity index (χ0v) is 16.1. The number of rotatable bonds is 11. The summed E-state index contributed by atoms with van der Waals surface area (Å²) in [5.74, 6) is 2.35. The number of imidazole rings is 1. The highest BCUT2D eigenvalue weighted by Crippen LogP contribution is 2.28. The number of amides is 1. The lowest BCUT2D eigenvalue weighted by Gasteiger charge is -2.14. The normalized spacial score (nSPS) is 10.6. The predicted molar refractivity (Wildman–Crippen MR) is 110 cm³/mol. The Kier molecular flexibility index (Phi) is 6.68. The lowest BCUT2D eigenvalue weighted by atomic mass is 10.1. The molecule has 6 nitrogen and oxygen atoms in total. The third-order valence-electron chi connectivity index (χ3n) is 4.49. The maximum absolute atomic E-state index is 10.5. The zero-order chi connectivity index (χ0) is 19.8. The molecule has 0 aliphatic carbocycles. The van der Waals surface area contributed by atoms with Crippen LogP contribution in [0.15, 0.2) is 55.1 Å². The van der Waals surface area contributed by atoms with Gasteiger partial charge in [0.2, 0.25) is 6.41 Å². The molecule has 6 heteroatoms.